The Balaban J connectivity index is 0.00000218. The Morgan fingerprint density at radius 1 is 0.900 bits per heavy atom. The third-order valence-corrected chi connectivity index (χ3v) is 6.14. The highest BCUT2D eigenvalue weighted by Crippen LogP contribution is 2.28. The summed E-state index contributed by atoms with van der Waals surface area (Å²) < 4.78 is 1.78. The first-order chi connectivity index (χ1) is 14.3. The molecule has 156 valence electrons. The molecule has 30 heavy (non-hydrogen) atoms. The van der Waals surface area contributed by atoms with Crippen LogP contribution >= 0.6 is 12.4 Å². The highest BCUT2D eigenvalue weighted by Gasteiger charge is 2.33. The number of carbonyl (C=O) groups is 1. The number of carbonyl (C=O) groups excluding carboxylic acids is 1. The van der Waals surface area contributed by atoms with E-state index >= 15 is 0 Å². The van der Waals surface area contributed by atoms with Crippen molar-refractivity contribution in [1.82, 2.24) is 25.0 Å². The fourth-order valence-electron chi connectivity index (χ4n) is 4.49. The number of benzene rings is 2. The highest BCUT2D eigenvalue weighted by molar-refractivity contribution is 5.91. The average molecular weight is 424 g/mol. The van der Waals surface area contributed by atoms with Gasteiger partial charge < -0.3 is 10.2 Å². The molecule has 3 aromatic rings. The molecule has 0 radical (unpaired) electrons. The van der Waals surface area contributed by atoms with Crippen LogP contribution in [-0.4, -0.2) is 51.8 Å². The lowest BCUT2D eigenvalue weighted by Gasteiger charge is -2.19. The van der Waals surface area contributed by atoms with Gasteiger partial charge in [-0.2, -0.15) is 0 Å². The molecule has 3 heterocycles. The molecule has 2 aromatic carbocycles. The number of aromatic nitrogens is 3. The summed E-state index contributed by atoms with van der Waals surface area (Å²) in [5, 5.41) is 8.12. The van der Waals surface area contributed by atoms with Crippen LogP contribution in [0.25, 0.3) is 17.1 Å². The highest BCUT2D eigenvalue weighted by atomic mass is 35.5. The Kier molecular flexibility index (Phi) is 6.16. The van der Waals surface area contributed by atoms with Gasteiger partial charge in [0.2, 0.25) is 5.82 Å². The summed E-state index contributed by atoms with van der Waals surface area (Å²) >= 11 is 0. The van der Waals surface area contributed by atoms with E-state index < -0.39 is 0 Å². The summed E-state index contributed by atoms with van der Waals surface area (Å²) in [6, 6.07) is 19.8. The van der Waals surface area contributed by atoms with Crippen molar-refractivity contribution in [2.45, 2.75) is 12.8 Å². The number of nitrogens with one attached hydrogen (secondary N) is 1. The molecule has 2 aliphatic heterocycles. The van der Waals surface area contributed by atoms with Crippen LogP contribution in [0.5, 0.6) is 0 Å². The molecule has 1 aromatic heterocycles. The van der Waals surface area contributed by atoms with E-state index in [1.165, 1.54) is 0 Å². The molecule has 1 N–H and O–H groups in total. The maximum Gasteiger partial charge on any atom is 0.293 e. The number of amides is 1. The molecule has 2 aliphatic rings. The van der Waals surface area contributed by atoms with Gasteiger partial charge in [0.25, 0.3) is 5.91 Å². The summed E-state index contributed by atoms with van der Waals surface area (Å²) in [5.41, 5.74) is 1.84. The van der Waals surface area contributed by atoms with Gasteiger partial charge in [0.05, 0.1) is 5.69 Å². The first-order valence-electron chi connectivity index (χ1n) is 10.4. The minimum Gasteiger partial charge on any atom is -0.336 e. The summed E-state index contributed by atoms with van der Waals surface area (Å²) in [7, 11) is 0. The zero-order chi connectivity index (χ0) is 19.6. The summed E-state index contributed by atoms with van der Waals surface area (Å²) in [6.45, 7) is 3.71. The molecule has 0 bridgehead atoms. The molecule has 0 aliphatic carbocycles. The molecule has 5 rings (SSSR count). The Hall–Kier alpha value is -2.70. The van der Waals surface area contributed by atoms with Gasteiger partial charge in [-0.05, 0) is 49.9 Å². The van der Waals surface area contributed by atoms with E-state index in [2.05, 4.69) is 15.4 Å². The molecule has 6 nitrogen and oxygen atoms in total. The van der Waals surface area contributed by atoms with Crippen molar-refractivity contribution in [1.29, 1.82) is 0 Å². The number of para-hydroxylation sites is 1. The summed E-state index contributed by atoms with van der Waals surface area (Å²) in [5.74, 6) is 2.27. The Labute approximate surface area is 182 Å². The fraction of sp³-hybridized carbons (Fsp3) is 0.348. The lowest BCUT2D eigenvalue weighted by molar-refractivity contribution is 0.0746. The minimum atomic E-state index is -0.0650. The molecule has 2 atom stereocenters. The average Bonchev–Trinajstić information content (AvgIpc) is 3.37. The van der Waals surface area contributed by atoms with E-state index in [4.69, 9.17) is 0 Å². The molecule has 1 amide bonds. The van der Waals surface area contributed by atoms with E-state index in [1.54, 1.807) is 4.68 Å². The van der Waals surface area contributed by atoms with Gasteiger partial charge in [-0.1, -0.05) is 48.5 Å². The number of rotatable bonds is 3. The van der Waals surface area contributed by atoms with Crippen LogP contribution in [-0.2, 0) is 0 Å². The van der Waals surface area contributed by atoms with Crippen LogP contribution in [0.3, 0.4) is 0 Å². The molecular formula is C23H26ClN5O. The first-order valence-corrected chi connectivity index (χ1v) is 10.4. The molecule has 0 unspecified atom stereocenters. The van der Waals surface area contributed by atoms with Crippen LogP contribution in [0.4, 0.5) is 0 Å². The van der Waals surface area contributed by atoms with Crippen molar-refractivity contribution >= 4 is 18.3 Å². The summed E-state index contributed by atoms with van der Waals surface area (Å²) in [4.78, 5) is 19.9. The number of hydrogen-bond donors (Lipinski definition) is 1. The minimum absolute atomic E-state index is 0. The Morgan fingerprint density at radius 2 is 1.50 bits per heavy atom. The molecule has 0 spiro atoms. The number of halogens is 1. The SMILES string of the molecule is Cl.O=C(c1nc(-c2ccccc2)n(-c2ccccc2)n1)N1CC[C@@H]2CNC[C@@H]2CC1. The zero-order valence-electron chi connectivity index (χ0n) is 16.8. The zero-order valence-corrected chi connectivity index (χ0v) is 17.6. The van der Waals surface area contributed by atoms with Crippen LogP contribution in [0, 0.1) is 11.8 Å². The van der Waals surface area contributed by atoms with E-state index in [0.29, 0.717) is 17.7 Å². The number of likely N-dealkylation sites (tertiary alicyclic amines) is 1. The molecular weight excluding hydrogens is 398 g/mol. The monoisotopic (exact) mass is 423 g/mol. The predicted molar refractivity (Wildman–Crippen MR) is 119 cm³/mol. The molecule has 0 saturated carbocycles. The molecule has 2 fully saturated rings. The standard InChI is InChI=1S/C23H25N5O.ClH/c29-23(27-13-11-18-15-24-16-19(18)12-14-27)21-25-22(17-7-3-1-4-8-17)28(26-21)20-9-5-2-6-10-20;/h1-10,18-19,24H,11-16H2;1H/t18-,19+;. The largest absolute Gasteiger partial charge is 0.336 e. The fourth-order valence-corrected chi connectivity index (χ4v) is 4.49. The second kappa shape index (κ2) is 8.98. The van der Waals surface area contributed by atoms with Crippen molar-refractivity contribution in [3.05, 3.63) is 66.5 Å². The quantitative estimate of drug-likeness (QED) is 0.701. The second-order valence-electron chi connectivity index (χ2n) is 7.92. The van der Waals surface area contributed by atoms with Crippen LogP contribution in [0.1, 0.15) is 23.5 Å². The Bertz CT molecular complexity index is 920. The van der Waals surface area contributed by atoms with E-state index in [9.17, 15) is 4.79 Å². The van der Waals surface area contributed by atoms with Crippen LogP contribution < -0.4 is 5.32 Å². The lowest BCUT2D eigenvalue weighted by Crippen LogP contribution is -2.33. The second-order valence-corrected chi connectivity index (χ2v) is 7.92. The van der Waals surface area contributed by atoms with Gasteiger partial charge in [0.1, 0.15) is 0 Å². The van der Waals surface area contributed by atoms with Gasteiger partial charge in [-0.15, -0.1) is 17.5 Å². The van der Waals surface area contributed by atoms with Crippen LogP contribution in [0.15, 0.2) is 60.7 Å². The van der Waals surface area contributed by atoms with Crippen molar-refractivity contribution in [2.24, 2.45) is 11.8 Å². The third kappa shape index (κ3) is 3.98. The third-order valence-electron chi connectivity index (χ3n) is 6.14. The number of fused-ring (bicyclic) bond motifs is 1. The number of nitrogens with zero attached hydrogens (tertiary/aromatic N) is 4. The first kappa shape index (κ1) is 20.6. The predicted octanol–water partition coefficient (Wildman–Crippen LogP) is 3.43. The van der Waals surface area contributed by atoms with Gasteiger partial charge >= 0.3 is 0 Å². The maximum absolute atomic E-state index is 13.3. The molecule has 7 heteroatoms. The van der Waals surface area contributed by atoms with Crippen molar-refractivity contribution in [3.63, 3.8) is 0 Å². The van der Waals surface area contributed by atoms with Crippen molar-refractivity contribution in [3.8, 4) is 17.1 Å². The van der Waals surface area contributed by atoms with Gasteiger partial charge in [-0.3, -0.25) is 4.79 Å². The van der Waals surface area contributed by atoms with Gasteiger partial charge in [-0.25, -0.2) is 9.67 Å². The van der Waals surface area contributed by atoms with E-state index in [1.807, 2.05) is 65.6 Å². The smallest absolute Gasteiger partial charge is 0.293 e. The van der Waals surface area contributed by atoms with E-state index in [-0.39, 0.29) is 24.1 Å². The van der Waals surface area contributed by atoms with Crippen LogP contribution in [0.2, 0.25) is 0 Å². The topological polar surface area (TPSA) is 63.1 Å². The maximum atomic E-state index is 13.3. The normalized spacial score (nSPS) is 20.9. The van der Waals surface area contributed by atoms with Gasteiger partial charge in [0.15, 0.2) is 5.82 Å². The van der Waals surface area contributed by atoms with Crippen molar-refractivity contribution in [2.75, 3.05) is 26.2 Å². The lowest BCUT2D eigenvalue weighted by atomic mass is 9.92. The molecule has 2 saturated heterocycles. The Morgan fingerprint density at radius 3 is 2.13 bits per heavy atom. The van der Waals surface area contributed by atoms with E-state index in [0.717, 1.165) is 50.3 Å². The summed E-state index contributed by atoms with van der Waals surface area (Å²) in [6.07, 6.45) is 2.10. The number of hydrogen-bond acceptors (Lipinski definition) is 4. The van der Waals surface area contributed by atoms with Gasteiger partial charge in [0, 0.05) is 18.7 Å². The van der Waals surface area contributed by atoms with Crippen molar-refractivity contribution < 1.29 is 4.79 Å².